The smallest absolute Gasteiger partial charge is 0.339 e. The molecule has 23 heavy (non-hydrogen) atoms. The van der Waals surface area contributed by atoms with E-state index < -0.39 is 0 Å². The lowest BCUT2D eigenvalue weighted by Gasteiger charge is -2.08. The summed E-state index contributed by atoms with van der Waals surface area (Å²) in [6.45, 7) is 0.680. The second-order valence-electron chi connectivity index (χ2n) is 4.71. The van der Waals surface area contributed by atoms with Crippen LogP contribution in [0.15, 0.2) is 57.5 Å². The molecule has 0 unspecified atom stereocenters. The number of halogens is 2. The van der Waals surface area contributed by atoms with E-state index in [-0.39, 0.29) is 18.5 Å². The van der Waals surface area contributed by atoms with Crippen molar-refractivity contribution in [2.24, 2.45) is 0 Å². The second-order valence-corrected chi connectivity index (χ2v) is 6.41. The van der Waals surface area contributed by atoms with Crippen LogP contribution in [0.5, 0.6) is 0 Å². The first-order valence-corrected chi connectivity index (χ1v) is 8.62. The van der Waals surface area contributed by atoms with Crippen LogP contribution >= 0.6 is 31.9 Å². The Kier molecular flexibility index (Phi) is 6.80. The van der Waals surface area contributed by atoms with E-state index in [4.69, 9.17) is 4.74 Å². The summed E-state index contributed by atoms with van der Waals surface area (Å²) in [5.41, 5.74) is 1.07. The quantitative estimate of drug-likeness (QED) is 0.541. The van der Waals surface area contributed by atoms with Crippen LogP contribution in [0.4, 0.5) is 0 Å². The Morgan fingerprint density at radius 1 is 0.913 bits per heavy atom. The van der Waals surface area contributed by atoms with Crippen molar-refractivity contribution >= 4 is 43.7 Å². The summed E-state index contributed by atoms with van der Waals surface area (Å²) in [4.78, 5) is 23.9. The molecule has 0 aliphatic heterocycles. The topological polar surface area (TPSA) is 55.4 Å². The van der Waals surface area contributed by atoms with E-state index in [1.165, 1.54) is 0 Å². The molecule has 0 aromatic heterocycles. The highest BCUT2D eigenvalue weighted by Gasteiger charge is 2.11. The number of carbonyl (C=O) groups excluding carboxylic acids is 2. The van der Waals surface area contributed by atoms with Gasteiger partial charge in [-0.2, -0.15) is 0 Å². The Labute approximate surface area is 151 Å². The van der Waals surface area contributed by atoms with Crippen molar-refractivity contribution < 1.29 is 14.3 Å². The number of hydrogen-bond donors (Lipinski definition) is 1. The fourth-order valence-corrected chi connectivity index (χ4v) is 2.80. The average molecular weight is 441 g/mol. The van der Waals surface area contributed by atoms with Gasteiger partial charge in [-0.05, 0) is 62.5 Å². The standard InChI is InChI=1S/C17H15Br2NO3/c18-14-8-3-1-6-12(14)16(21)20-10-5-11-23-17(22)13-7-2-4-9-15(13)19/h1-4,6-9H,5,10-11H2,(H,20,21). The molecule has 120 valence electrons. The van der Waals surface area contributed by atoms with Gasteiger partial charge in [0.2, 0.25) is 0 Å². The SMILES string of the molecule is O=C(NCCCOC(=O)c1ccccc1Br)c1ccccc1Br. The van der Waals surface area contributed by atoms with Crippen LogP contribution in [0, 0.1) is 0 Å². The van der Waals surface area contributed by atoms with Gasteiger partial charge in [0.05, 0.1) is 17.7 Å². The van der Waals surface area contributed by atoms with Crippen LogP contribution in [0.25, 0.3) is 0 Å². The molecule has 0 atom stereocenters. The number of nitrogens with one attached hydrogen (secondary N) is 1. The minimum Gasteiger partial charge on any atom is -0.462 e. The molecule has 0 aliphatic carbocycles. The fourth-order valence-electron chi connectivity index (χ4n) is 1.88. The number of ether oxygens (including phenoxy) is 1. The van der Waals surface area contributed by atoms with E-state index >= 15 is 0 Å². The molecule has 0 saturated carbocycles. The molecule has 0 fully saturated rings. The summed E-state index contributed by atoms with van der Waals surface area (Å²) in [6, 6.07) is 14.3. The summed E-state index contributed by atoms with van der Waals surface area (Å²) in [6.07, 6.45) is 0.548. The molecule has 0 bridgehead atoms. The molecule has 0 heterocycles. The maximum Gasteiger partial charge on any atom is 0.339 e. The van der Waals surface area contributed by atoms with Gasteiger partial charge in [0, 0.05) is 15.5 Å². The van der Waals surface area contributed by atoms with Crippen molar-refractivity contribution in [3.8, 4) is 0 Å². The highest BCUT2D eigenvalue weighted by Crippen LogP contribution is 2.17. The van der Waals surface area contributed by atoms with Crippen molar-refractivity contribution in [3.05, 3.63) is 68.6 Å². The first-order valence-electron chi connectivity index (χ1n) is 7.04. The van der Waals surface area contributed by atoms with Gasteiger partial charge in [0.15, 0.2) is 0 Å². The molecule has 2 rings (SSSR count). The molecular weight excluding hydrogens is 426 g/mol. The molecule has 2 aromatic rings. The summed E-state index contributed by atoms with van der Waals surface area (Å²) in [5.74, 6) is -0.538. The highest BCUT2D eigenvalue weighted by molar-refractivity contribution is 9.10. The van der Waals surface area contributed by atoms with Crippen LogP contribution in [0.3, 0.4) is 0 Å². The lowest BCUT2D eigenvalue weighted by Crippen LogP contribution is -2.25. The first kappa shape index (κ1) is 17.7. The molecule has 2 aromatic carbocycles. The third kappa shape index (κ3) is 5.18. The molecule has 4 nitrogen and oxygen atoms in total. The Bertz CT molecular complexity index is 644. The Morgan fingerprint density at radius 2 is 1.48 bits per heavy atom. The number of hydrogen-bond acceptors (Lipinski definition) is 3. The Morgan fingerprint density at radius 3 is 2.09 bits per heavy atom. The maximum atomic E-state index is 12.0. The zero-order chi connectivity index (χ0) is 16.7. The van der Waals surface area contributed by atoms with E-state index in [9.17, 15) is 9.59 Å². The minimum absolute atomic E-state index is 0.158. The van der Waals surface area contributed by atoms with Crippen LogP contribution in [-0.4, -0.2) is 25.0 Å². The second kappa shape index (κ2) is 8.84. The summed E-state index contributed by atoms with van der Waals surface area (Å²) in [7, 11) is 0. The number of esters is 1. The third-order valence-electron chi connectivity index (χ3n) is 3.05. The van der Waals surface area contributed by atoms with E-state index in [1.54, 1.807) is 30.3 Å². The van der Waals surface area contributed by atoms with Gasteiger partial charge in [0.1, 0.15) is 0 Å². The molecule has 0 aliphatic rings. The van der Waals surface area contributed by atoms with Crippen LogP contribution in [-0.2, 0) is 4.74 Å². The zero-order valence-electron chi connectivity index (χ0n) is 12.2. The molecule has 0 saturated heterocycles. The predicted octanol–water partition coefficient (Wildman–Crippen LogP) is 4.19. The monoisotopic (exact) mass is 439 g/mol. The van der Waals surface area contributed by atoms with Gasteiger partial charge in [-0.15, -0.1) is 0 Å². The van der Waals surface area contributed by atoms with Gasteiger partial charge in [0.25, 0.3) is 5.91 Å². The normalized spacial score (nSPS) is 10.2. The number of benzene rings is 2. The lowest BCUT2D eigenvalue weighted by molar-refractivity contribution is 0.0500. The third-order valence-corrected chi connectivity index (χ3v) is 4.44. The fraction of sp³-hybridized carbons (Fsp3) is 0.176. The predicted molar refractivity (Wildman–Crippen MR) is 95.5 cm³/mol. The zero-order valence-corrected chi connectivity index (χ0v) is 15.4. The summed E-state index contributed by atoms with van der Waals surface area (Å²) >= 11 is 6.65. The molecule has 0 radical (unpaired) electrons. The van der Waals surface area contributed by atoms with Crippen molar-refractivity contribution in [1.29, 1.82) is 0 Å². The van der Waals surface area contributed by atoms with E-state index in [2.05, 4.69) is 37.2 Å². The van der Waals surface area contributed by atoms with Crippen molar-refractivity contribution in [2.75, 3.05) is 13.2 Å². The molecular formula is C17H15Br2NO3. The van der Waals surface area contributed by atoms with Gasteiger partial charge in [-0.1, -0.05) is 24.3 Å². The number of carbonyl (C=O) groups is 2. The van der Waals surface area contributed by atoms with Gasteiger partial charge in [-0.3, -0.25) is 4.79 Å². The van der Waals surface area contributed by atoms with Crippen molar-refractivity contribution in [2.45, 2.75) is 6.42 Å². The molecule has 1 N–H and O–H groups in total. The minimum atomic E-state index is -0.380. The Hall–Kier alpha value is -1.66. The van der Waals surface area contributed by atoms with Crippen molar-refractivity contribution in [1.82, 2.24) is 5.32 Å². The van der Waals surface area contributed by atoms with E-state index in [1.807, 2.05) is 18.2 Å². The largest absolute Gasteiger partial charge is 0.462 e. The Balaban J connectivity index is 1.72. The maximum absolute atomic E-state index is 12.0. The van der Waals surface area contributed by atoms with E-state index in [0.717, 1.165) is 4.47 Å². The number of amides is 1. The lowest BCUT2D eigenvalue weighted by atomic mass is 10.2. The molecule has 6 heteroatoms. The molecule has 0 spiro atoms. The van der Waals surface area contributed by atoms with Crippen molar-refractivity contribution in [3.63, 3.8) is 0 Å². The van der Waals surface area contributed by atoms with Crippen LogP contribution < -0.4 is 5.32 Å². The summed E-state index contributed by atoms with van der Waals surface area (Å²) in [5, 5.41) is 2.80. The molecule has 1 amide bonds. The van der Waals surface area contributed by atoms with Gasteiger partial charge >= 0.3 is 5.97 Å². The average Bonchev–Trinajstić information content (AvgIpc) is 2.55. The van der Waals surface area contributed by atoms with Gasteiger partial charge in [-0.25, -0.2) is 4.79 Å². The highest BCUT2D eigenvalue weighted by atomic mass is 79.9. The van der Waals surface area contributed by atoms with Gasteiger partial charge < -0.3 is 10.1 Å². The van der Waals surface area contributed by atoms with Crippen LogP contribution in [0.1, 0.15) is 27.1 Å². The first-order chi connectivity index (χ1) is 11.1. The number of rotatable bonds is 6. The van der Waals surface area contributed by atoms with Crippen LogP contribution in [0.2, 0.25) is 0 Å². The van der Waals surface area contributed by atoms with E-state index in [0.29, 0.717) is 28.6 Å². The summed E-state index contributed by atoms with van der Waals surface area (Å²) < 4.78 is 6.64.